The number of halogens is 2. The summed E-state index contributed by atoms with van der Waals surface area (Å²) < 4.78 is 7.58. The van der Waals surface area contributed by atoms with E-state index >= 15 is 0 Å². The minimum absolute atomic E-state index is 0.343. The van der Waals surface area contributed by atoms with Gasteiger partial charge in [0.05, 0.1) is 11.8 Å². The Balaban J connectivity index is 1.65. The Morgan fingerprint density at radius 2 is 2.00 bits per heavy atom. The van der Waals surface area contributed by atoms with Crippen molar-refractivity contribution >= 4 is 50.6 Å². The van der Waals surface area contributed by atoms with E-state index in [4.69, 9.17) is 4.42 Å². The van der Waals surface area contributed by atoms with Gasteiger partial charge in [0.2, 0.25) is 0 Å². The van der Waals surface area contributed by atoms with Gasteiger partial charge in [-0.2, -0.15) is 5.10 Å². The van der Waals surface area contributed by atoms with Gasteiger partial charge in [-0.3, -0.25) is 9.78 Å². The maximum absolute atomic E-state index is 11.9. The Morgan fingerprint density at radius 3 is 2.75 bits per heavy atom. The number of carbonyl (C=O) groups excluding carboxylic acids is 1. The lowest BCUT2D eigenvalue weighted by molar-refractivity contribution is 0.0954. The van der Waals surface area contributed by atoms with Crippen LogP contribution in [0, 0.1) is 3.57 Å². The van der Waals surface area contributed by atoms with Crippen LogP contribution in [0.5, 0.6) is 0 Å². The van der Waals surface area contributed by atoms with Gasteiger partial charge in [-0.05, 0) is 68.9 Å². The second kappa shape index (κ2) is 7.71. The third-order valence-corrected chi connectivity index (χ3v) is 4.23. The van der Waals surface area contributed by atoms with E-state index in [0.29, 0.717) is 11.3 Å². The van der Waals surface area contributed by atoms with Crippen molar-refractivity contribution in [2.45, 2.75) is 0 Å². The zero-order valence-electron chi connectivity index (χ0n) is 12.2. The van der Waals surface area contributed by atoms with Gasteiger partial charge in [-0.15, -0.1) is 0 Å². The number of pyridine rings is 1. The smallest absolute Gasteiger partial charge is 0.272 e. The van der Waals surface area contributed by atoms with Crippen molar-refractivity contribution < 1.29 is 9.21 Å². The maximum atomic E-state index is 11.9. The highest BCUT2D eigenvalue weighted by atomic mass is 127. The van der Waals surface area contributed by atoms with E-state index in [2.05, 4.69) is 54.0 Å². The van der Waals surface area contributed by atoms with Crippen molar-refractivity contribution in [2.75, 3.05) is 0 Å². The van der Waals surface area contributed by atoms with Crippen LogP contribution in [0.1, 0.15) is 16.1 Å². The van der Waals surface area contributed by atoms with Gasteiger partial charge in [0.25, 0.3) is 5.91 Å². The number of nitrogens with zero attached hydrogens (tertiary/aromatic N) is 2. The lowest BCUT2D eigenvalue weighted by Gasteiger charge is -1.99. The average Bonchev–Trinajstić information content (AvgIpc) is 3.04. The highest BCUT2D eigenvalue weighted by molar-refractivity contribution is 14.1. The van der Waals surface area contributed by atoms with Crippen LogP contribution in [-0.4, -0.2) is 17.1 Å². The molecule has 0 aliphatic heterocycles. The van der Waals surface area contributed by atoms with Gasteiger partial charge in [0.15, 0.2) is 0 Å². The van der Waals surface area contributed by atoms with Crippen molar-refractivity contribution in [1.29, 1.82) is 0 Å². The standard InChI is InChI=1S/C17H11BrIN3O2/c18-13-7-12(8-20-9-13)17(23)22-21-10-15-5-6-16(24-15)11-1-3-14(19)4-2-11/h1-10H,(H,22,23). The van der Waals surface area contributed by atoms with Crippen molar-refractivity contribution in [3.05, 3.63) is 74.2 Å². The molecule has 2 heterocycles. The zero-order valence-corrected chi connectivity index (χ0v) is 16.0. The molecule has 1 N–H and O–H groups in total. The summed E-state index contributed by atoms with van der Waals surface area (Å²) in [5.41, 5.74) is 3.84. The Kier molecular flexibility index (Phi) is 5.41. The summed E-state index contributed by atoms with van der Waals surface area (Å²) in [6.45, 7) is 0. The predicted molar refractivity (Wildman–Crippen MR) is 104 cm³/mol. The lowest BCUT2D eigenvalue weighted by Crippen LogP contribution is -2.17. The molecule has 0 unspecified atom stereocenters. The first-order valence-electron chi connectivity index (χ1n) is 6.91. The fraction of sp³-hybridized carbons (Fsp3) is 0. The van der Waals surface area contributed by atoms with Gasteiger partial charge in [-0.1, -0.05) is 12.1 Å². The van der Waals surface area contributed by atoms with Crippen molar-refractivity contribution in [1.82, 2.24) is 10.4 Å². The highest BCUT2D eigenvalue weighted by Gasteiger charge is 2.06. The van der Waals surface area contributed by atoms with Crippen molar-refractivity contribution in [2.24, 2.45) is 5.10 Å². The van der Waals surface area contributed by atoms with Crippen LogP contribution < -0.4 is 5.43 Å². The molecule has 0 atom stereocenters. The quantitative estimate of drug-likeness (QED) is 0.330. The molecule has 1 amide bonds. The Morgan fingerprint density at radius 1 is 1.21 bits per heavy atom. The number of furan rings is 1. The number of benzene rings is 1. The Bertz CT molecular complexity index is 891. The summed E-state index contributed by atoms with van der Waals surface area (Å²) >= 11 is 5.52. The van der Waals surface area contributed by atoms with Crippen LogP contribution in [0.4, 0.5) is 0 Å². The molecule has 5 nitrogen and oxygen atoms in total. The SMILES string of the molecule is O=C(NN=Cc1ccc(-c2ccc(I)cc2)o1)c1cncc(Br)c1. The number of hydrogen-bond donors (Lipinski definition) is 1. The van der Waals surface area contributed by atoms with Gasteiger partial charge < -0.3 is 4.42 Å². The minimum Gasteiger partial charge on any atom is -0.455 e. The average molecular weight is 496 g/mol. The van der Waals surface area contributed by atoms with E-state index in [9.17, 15) is 4.79 Å². The third-order valence-electron chi connectivity index (χ3n) is 3.08. The molecular formula is C17H11BrIN3O2. The molecule has 7 heteroatoms. The molecule has 0 saturated carbocycles. The molecule has 0 spiro atoms. The molecule has 0 radical (unpaired) electrons. The number of carbonyl (C=O) groups is 1. The normalized spacial score (nSPS) is 10.9. The van der Waals surface area contributed by atoms with Gasteiger partial charge >= 0.3 is 0 Å². The van der Waals surface area contributed by atoms with Crippen LogP contribution in [0.15, 0.2) is 68.8 Å². The molecule has 120 valence electrons. The molecule has 2 aromatic heterocycles. The number of hydrogen-bond acceptors (Lipinski definition) is 4. The molecule has 3 rings (SSSR count). The summed E-state index contributed by atoms with van der Waals surface area (Å²) in [5, 5.41) is 3.91. The molecule has 0 saturated heterocycles. The van der Waals surface area contributed by atoms with Crippen molar-refractivity contribution in [3.63, 3.8) is 0 Å². The molecule has 3 aromatic rings. The first-order valence-corrected chi connectivity index (χ1v) is 8.79. The summed E-state index contributed by atoms with van der Waals surface area (Å²) in [6, 6.07) is 13.3. The Hall–Kier alpha value is -2.00. The van der Waals surface area contributed by atoms with E-state index in [1.54, 1.807) is 18.3 Å². The van der Waals surface area contributed by atoms with E-state index in [1.165, 1.54) is 12.4 Å². The number of hydrazone groups is 1. The van der Waals surface area contributed by atoms with E-state index < -0.39 is 0 Å². The number of rotatable bonds is 4. The van der Waals surface area contributed by atoms with Crippen LogP contribution in [0.2, 0.25) is 0 Å². The van der Waals surface area contributed by atoms with Crippen LogP contribution >= 0.6 is 38.5 Å². The van der Waals surface area contributed by atoms with Gasteiger partial charge in [0, 0.05) is 26.0 Å². The lowest BCUT2D eigenvalue weighted by atomic mass is 10.2. The minimum atomic E-state index is -0.343. The second-order valence-corrected chi connectivity index (χ2v) is 6.96. The third kappa shape index (κ3) is 4.30. The largest absolute Gasteiger partial charge is 0.455 e. The first kappa shape index (κ1) is 16.8. The summed E-state index contributed by atoms with van der Waals surface area (Å²) in [7, 11) is 0. The monoisotopic (exact) mass is 495 g/mol. The molecule has 0 fully saturated rings. The Labute approximate surface area is 160 Å². The van der Waals surface area contributed by atoms with Crippen LogP contribution in [-0.2, 0) is 0 Å². The molecule has 0 aliphatic carbocycles. The van der Waals surface area contributed by atoms with Crippen LogP contribution in [0.25, 0.3) is 11.3 Å². The summed E-state index contributed by atoms with van der Waals surface area (Å²) in [5.74, 6) is 0.955. The molecule has 0 aliphatic rings. The number of nitrogens with one attached hydrogen (secondary N) is 1. The van der Waals surface area contributed by atoms with Gasteiger partial charge in [-0.25, -0.2) is 5.43 Å². The highest BCUT2D eigenvalue weighted by Crippen LogP contribution is 2.22. The predicted octanol–water partition coefficient (Wildman–Crippen LogP) is 4.47. The van der Waals surface area contributed by atoms with Crippen molar-refractivity contribution in [3.8, 4) is 11.3 Å². The molecule has 0 bridgehead atoms. The summed E-state index contributed by atoms with van der Waals surface area (Å²) in [6.07, 6.45) is 4.53. The second-order valence-electron chi connectivity index (χ2n) is 4.80. The topological polar surface area (TPSA) is 67.5 Å². The van der Waals surface area contributed by atoms with E-state index in [-0.39, 0.29) is 5.91 Å². The number of aromatic nitrogens is 1. The number of amides is 1. The molecule has 24 heavy (non-hydrogen) atoms. The molecule has 1 aromatic carbocycles. The fourth-order valence-corrected chi connectivity index (χ4v) is 2.67. The van der Waals surface area contributed by atoms with Crippen LogP contribution in [0.3, 0.4) is 0 Å². The first-order chi connectivity index (χ1) is 11.6. The summed E-state index contributed by atoms with van der Waals surface area (Å²) in [4.78, 5) is 15.9. The van der Waals surface area contributed by atoms with E-state index in [0.717, 1.165) is 19.4 Å². The zero-order chi connectivity index (χ0) is 16.9. The fourth-order valence-electron chi connectivity index (χ4n) is 1.95. The maximum Gasteiger partial charge on any atom is 0.272 e. The molecular weight excluding hydrogens is 485 g/mol. The van der Waals surface area contributed by atoms with E-state index in [1.807, 2.05) is 30.3 Å². The van der Waals surface area contributed by atoms with Gasteiger partial charge in [0.1, 0.15) is 11.5 Å².